The second-order valence-corrected chi connectivity index (χ2v) is 4.88. The number of carbonyl (C=O) groups is 1. The lowest BCUT2D eigenvalue weighted by atomic mass is 10.1. The molecule has 6 nitrogen and oxygen atoms in total. The summed E-state index contributed by atoms with van der Waals surface area (Å²) >= 11 is 0. The van der Waals surface area contributed by atoms with Crippen LogP contribution in [0.1, 0.15) is 33.6 Å². The van der Waals surface area contributed by atoms with Gasteiger partial charge in [0.1, 0.15) is 0 Å². The first-order valence-electron chi connectivity index (χ1n) is 5.70. The van der Waals surface area contributed by atoms with E-state index in [1.807, 2.05) is 6.92 Å². The monoisotopic (exact) mass is 267 g/mol. The van der Waals surface area contributed by atoms with E-state index in [2.05, 4.69) is 9.05 Å². The molecule has 0 aliphatic rings. The summed E-state index contributed by atoms with van der Waals surface area (Å²) in [6, 6.07) is 0. The zero-order valence-electron chi connectivity index (χ0n) is 10.5. The third kappa shape index (κ3) is 8.32. The standard InChI is InChI=1S/C10H21O6P/c1-4-9(7-14-10(11)5-2)8-16-17(12,13)15-6-3/h9H,4-8H2,1-3H3,(H,12,13)/p-1. The molecule has 102 valence electrons. The van der Waals surface area contributed by atoms with Crippen LogP contribution in [0, 0.1) is 5.92 Å². The van der Waals surface area contributed by atoms with Crippen LogP contribution in [-0.2, 0) is 23.1 Å². The Balaban J connectivity index is 3.97. The van der Waals surface area contributed by atoms with E-state index in [-0.39, 0.29) is 31.7 Å². The van der Waals surface area contributed by atoms with E-state index < -0.39 is 7.82 Å². The summed E-state index contributed by atoms with van der Waals surface area (Å²) in [5, 5.41) is 0. The first kappa shape index (κ1) is 16.6. The lowest BCUT2D eigenvalue weighted by molar-refractivity contribution is -0.226. The molecule has 2 atom stereocenters. The fourth-order valence-electron chi connectivity index (χ4n) is 0.989. The number of rotatable bonds is 9. The molecule has 0 heterocycles. The number of phosphoric ester groups is 1. The molecule has 0 aromatic carbocycles. The molecule has 0 aromatic rings. The van der Waals surface area contributed by atoms with Crippen LogP contribution in [0.25, 0.3) is 0 Å². The molecule has 0 bridgehead atoms. The second kappa shape index (κ2) is 8.64. The van der Waals surface area contributed by atoms with Gasteiger partial charge in [0.25, 0.3) is 7.82 Å². The van der Waals surface area contributed by atoms with Crippen LogP contribution in [-0.4, -0.2) is 25.8 Å². The van der Waals surface area contributed by atoms with Crippen LogP contribution in [0.4, 0.5) is 0 Å². The highest BCUT2D eigenvalue weighted by Gasteiger charge is 2.14. The molecule has 17 heavy (non-hydrogen) atoms. The molecule has 0 saturated heterocycles. The molecule has 0 saturated carbocycles. The van der Waals surface area contributed by atoms with Crippen molar-refractivity contribution in [3.63, 3.8) is 0 Å². The van der Waals surface area contributed by atoms with Crippen molar-refractivity contribution in [1.82, 2.24) is 0 Å². The largest absolute Gasteiger partial charge is 0.756 e. The Bertz CT molecular complexity index is 268. The summed E-state index contributed by atoms with van der Waals surface area (Å²) in [6.07, 6.45) is 0.958. The van der Waals surface area contributed by atoms with Gasteiger partial charge in [0.15, 0.2) is 0 Å². The predicted octanol–water partition coefficient (Wildman–Crippen LogP) is 1.49. The SMILES string of the molecule is CCOP(=O)([O-])OCC(CC)COC(=O)CC. The Hall–Kier alpha value is -0.420. The van der Waals surface area contributed by atoms with E-state index in [4.69, 9.17) is 4.74 Å². The van der Waals surface area contributed by atoms with Gasteiger partial charge in [-0.05, 0) is 13.3 Å². The van der Waals surface area contributed by atoms with E-state index in [0.29, 0.717) is 12.8 Å². The molecule has 0 radical (unpaired) electrons. The average molecular weight is 267 g/mol. The Kier molecular flexibility index (Phi) is 8.43. The quantitative estimate of drug-likeness (QED) is 0.464. The summed E-state index contributed by atoms with van der Waals surface area (Å²) in [6.45, 7) is 5.30. The first-order valence-corrected chi connectivity index (χ1v) is 7.16. The minimum Gasteiger partial charge on any atom is -0.756 e. The summed E-state index contributed by atoms with van der Waals surface area (Å²) in [7, 11) is -4.20. The molecule has 0 rings (SSSR count). The highest BCUT2D eigenvalue weighted by molar-refractivity contribution is 7.45. The predicted molar refractivity (Wildman–Crippen MR) is 60.2 cm³/mol. The average Bonchev–Trinajstić information content (AvgIpc) is 2.28. The Morgan fingerprint density at radius 2 is 1.88 bits per heavy atom. The van der Waals surface area contributed by atoms with Gasteiger partial charge in [0.2, 0.25) is 0 Å². The van der Waals surface area contributed by atoms with Crippen molar-refractivity contribution in [1.29, 1.82) is 0 Å². The van der Waals surface area contributed by atoms with Gasteiger partial charge >= 0.3 is 5.97 Å². The molecular formula is C10H20O6P-. The maximum absolute atomic E-state index is 11.1. The van der Waals surface area contributed by atoms with Gasteiger partial charge in [-0.25, -0.2) is 0 Å². The van der Waals surface area contributed by atoms with E-state index >= 15 is 0 Å². The molecule has 0 aliphatic carbocycles. The van der Waals surface area contributed by atoms with Crippen molar-refractivity contribution in [3.05, 3.63) is 0 Å². The highest BCUT2D eigenvalue weighted by atomic mass is 31.2. The zero-order chi connectivity index (χ0) is 13.3. The van der Waals surface area contributed by atoms with E-state index in [1.165, 1.54) is 0 Å². The number of ether oxygens (including phenoxy) is 1. The van der Waals surface area contributed by atoms with E-state index in [1.54, 1.807) is 13.8 Å². The fourth-order valence-corrected chi connectivity index (χ4v) is 1.77. The van der Waals surface area contributed by atoms with Gasteiger partial charge in [0.05, 0.1) is 19.8 Å². The van der Waals surface area contributed by atoms with Crippen LogP contribution in [0.5, 0.6) is 0 Å². The van der Waals surface area contributed by atoms with Crippen LogP contribution in [0.2, 0.25) is 0 Å². The summed E-state index contributed by atoms with van der Waals surface area (Å²) < 4.78 is 25.2. The lowest BCUT2D eigenvalue weighted by Crippen LogP contribution is -2.19. The van der Waals surface area contributed by atoms with Crippen LogP contribution in [0.15, 0.2) is 0 Å². The van der Waals surface area contributed by atoms with Gasteiger partial charge in [-0.1, -0.05) is 13.8 Å². The third-order valence-corrected chi connectivity index (χ3v) is 3.14. The molecule has 7 heteroatoms. The number of hydrogen-bond donors (Lipinski definition) is 0. The van der Waals surface area contributed by atoms with Gasteiger partial charge in [-0.2, -0.15) is 0 Å². The molecule has 0 amide bonds. The van der Waals surface area contributed by atoms with Crippen LogP contribution in [0.3, 0.4) is 0 Å². The van der Waals surface area contributed by atoms with Crippen molar-refractivity contribution in [2.45, 2.75) is 33.6 Å². The number of esters is 1. The first-order chi connectivity index (χ1) is 7.95. The second-order valence-electron chi connectivity index (χ2n) is 3.47. The highest BCUT2D eigenvalue weighted by Crippen LogP contribution is 2.38. The summed E-state index contributed by atoms with van der Waals surface area (Å²) in [5.74, 6) is -0.452. The molecule has 0 aliphatic heterocycles. The van der Waals surface area contributed by atoms with Crippen molar-refractivity contribution >= 4 is 13.8 Å². The van der Waals surface area contributed by atoms with Crippen molar-refractivity contribution in [3.8, 4) is 0 Å². The topological polar surface area (TPSA) is 84.9 Å². The maximum atomic E-state index is 11.1. The van der Waals surface area contributed by atoms with Gasteiger partial charge < -0.3 is 18.7 Å². The van der Waals surface area contributed by atoms with Crippen LogP contribution >= 0.6 is 7.82 Å². The number of hydrogen-bond acceptors (Lipinski definition) is 6. The normalized spacial score (nSPS) is 16.2. The van der Waals surface area contributed by atoms with Gasteiger partial charge in [0, 0.05) is 12.3 Å². The van der Waals surface area contributed by atoms with Crippen molar-refractivity contribution in [2.24, 2.45) is 5.92 Å². The summed E-state index contributed by atoms with van der Waals surface area (Å²) in [5.41, 5.74) is 0. The lowest BCUT2D eigenvalue weighted by Gasteiger charge is -2.24. The molecule has 2 unspecified atom stereocenters. The minimum absolute atomic E-state index is 0.0335. The van der Waals surface area contributed by atoms with Crippen molar-refractivity contribution in [2.75, 3.05) is 19.8 Å². The Morgan fingerprint density at radius 3 is 2.35 bits per heavy atom. The third-order valence-electron chi connectivity index (χ3n) is 2.10. The zero-order valence-corrected chi connectivity index (χ0v) is 11.4. The molecule has 0 N–H and O–H groups in total. The summed E-state index contributed by atoms with van der Waals surface area (Å²) in [4.78, 5) is 22.1. The maximum Gasteiger partial charge on any atom is 0.305 e. The number of phosphoric acid groups is 1. The van der Waals surface area contributed by atoms with Gasteiger partial charge in [-0.15, -0.1) is 0 Å². The minimum atomic E-state index is -4.20. The Morgan fingerprint density at radius 1 is 1.24 bits per heavy atom. The Labute approximate surface area is 102 Å². The molecule has 0 aromatic heterocycles. The van der Waals surface area contributed by atoms with E-state index in [0.717, 1.165) is 0 Å². The van der Waals surface area contributed by atoms with Gasteiger partial charge in [-0.3, -0.25) is 9.36 Å². The molecular weight excluding hydrogens is 247 g/mol. The van der Waals surface area contributed by atoms with Crippen LogP contribution < -0.4 is 4.89 Å². The molecule has 0 fully saturated rings. The number of carbonyl (C=O) groups excluding carboxylic acids is 1. The fraction of sp³-hybridized carbons (Fsp3) is 0.900. The van der Waals surface area contributed by atoms with Crippen molar-refractivity contribution < 1.29 is 28.0 Å². The molecule has 0 spiro atoms. The smallest absolute Gasteiger partial charge is 0.305 e. The van der Waals surface area contributed by atoms with E-state index in [9.17, 15) is 14.3 Å².